The molecule has 0 bridgehead atoms. The molecule has 0 fully saturated rings. The zero-order chi connectivity index (χ0) is 22.4. The number of aliphatic carboxylic acids is 1. The van der Waals surface area contributed by atoms with Gasteiger partial charge in [-0.15, -0.1) is 0 Å². The number of carboxylic acid groups (broad SMARTS) is 1. The number of carboxylic acids is 1. The van der Waals surface area contributed by atoms with Gasteiger partial charge in [-0.1, -0.05) is 49.4 Å². The largest absolute Gasteiger partial charge is 0.482 e. The number of benzene rings is 3. The van der Waals surface area contributed by atoms with Crippen LogP contribution < -0.4 is 10.1 Å². The van der Waals surface area contributed by atoms with E-state index in [1.807, 2.05) is 54.6 Å². The summed E-state index contributed by atoms with van der Waals surface area (Å²) in [5.41, 5.74) is 2.30. The molecule has 0 saturated heterocycles. The Balaban J connectivity index is 1.65. The predicted molar refractivity (Wildman–Crippen MR) is 122 cm³/mol. The molecule has 0 heterocycles. The molecule has 3 rings (SSSR count). The molecule has 0 aliphatic carbocycles. The molecule has 2 N–H and O–H groups in total. The van der Waals surface area contributed by atoms with E-state index in [1.165, 1.54) is 5.56 Å². The first-order chi connectivity index (χ1) is 14.9. The van der Waals surface area contributed by atoms with Crippen molar-refractivity contribution in [2.45, 2.75) is 51.6 Å². The zero-order valence-corrected chi connectivity index (χ0v) is 18.3. The molecule has 0 radical (unpaired) electrons. The van der Waals surface area contributed by atoms with E-state index in [4.69, 9.17) is 9.84 Å². The van der Waals surface area contributed by atoms with Crippen LogP contribution in [0.3, 0.4) is 0 Å². The Morgan fingerprint density at radius 2 is 1.71 bits per heavy atom. The van der Waals surface area contributed by atoms with E-state index in [9.17, 15) is 9.18 Å². The van der Waals surface area contributed by atoms with Gasteiger partial charge in [0.25, 0.3) is 0 Å². The summed E-state index contributed by atoms with van der Waals surface area (Å²) >= 11 is 0. The second-order valence-electron chi connectivity index (χ2n) is 8.06. The fourth-order valence-electron chi connectivity index (χ4n) is 4.19. The number of halogens is 1. The molecular formula is C26H30FNO3. The first-order valence-electron chi connectivity index (χ1n) is 10.8. The number of hydrogen-bond acceptors (Lipinski definition) is 3. The lowest BCUT2D eigenvalue weighted by atomic mass is 9.89. The molecule has 3 aromatic rings. The third-order valence-corrected chi connectivity index (χ3v) is 5.75. The Bertz CT molecular complexity index is 1020. The maximum Gasteiger partial charge on any atom is 0.341 e. The molecule has 164 valence electrons. The van der Waals surface area contributed by atoms with Gasteiger partial charge in [0.15, 0.2) is 6.61 Å². The smallest absolute Gasteiger partial charge is 0.341 e. The molecule has 0 spiro atoms. The fraction of sp³-hybridized carbons (Fsp3) is 0.346. The summed E-state index contributed by atoms with van der Waals surface area (Å²) in [5, 5.41) is 14.0. The molecule has 0 amide bonds. The number of nitrogens with one attached hydrogen (secondary N) is 1. The summed E-state index contributed by atoms with van der Waals surface area (Å²) < 4.78 is 19.4. The van der Waals surface area contributed by atoms with E-state index >= 15 is 0 Å². The van der Waals surface area contributed by atoms with Crippen LogP contribution in [-0.2, 0) is 4.79 Å². The van der Waals surface area contributed by atoms with Crippen LogP contribution in [0, 0.1) is 5.82 Å². The molecular weight excluding hydrogens is 393 g/mol. The van der Waals surface area contributed by atoms with Crippen LogP contribution in [-0.4, -0.2) is 23.7 Å². The summed E-state index contributed by atoms with van der Waals surface area (Å²) in [7, 11) is 0. The highest BCUT2D eigenvalue weighted by Crippen LogP contribution is 2.29. The van der Waals surface area contributed by atoms with E-state index in [0.717, 1.165) is 23.8 Å². The van der Waals surface area contributed by atoms with E-state index in [2.05, 4.69) is 26.1 Å². The van der Waals surface area contributed by atoms with Crippen molar-refractivity contribution in [3.05, 3.63) is 77.6 Å². The average Bonchev–Trinajstić information content (AvgIpc) is 2.76. The van der Waals surface area contributed by atoms with Gasteiger partial charge in [-0.3, -0.25) is 0 Å². The molecule has 1 unspecified atom stereocenters. The number of rotatable bonds is 10. The Hall–Kier alpha value is -2.92. The number of fused-ring (bicyclic) bond motifs is 1. The van der Waals surface area contributed by atoms with Crippen LogP contribution in [0.15, 0.2) is 60.7 Å². The van der Waals surface area contributed by atoms with E-state index in [0.29, 0.717) is 17.1 Å². The predicted octanol–water partition coefficient (Wildman–Crippen LogP) is 6.07. The molecule has 0 aromatic heterocycles. The van der Waals surface area contributed by atoms with Crippen molar-refractivity contribution in [3.63, 3.8) is 0 Å². The molecule has 0 aliphatic rings. The first-order valence-corrected chi connectivity index (χ1v) is 10.8. The third kappa shape index (κ3) is 5.82. The van der Waals surface area contributed by atoms with Crippen molar-refractivity contribution in [3.8, 4) is 5.75 Å². The highest BCUT2D eigenvalue weighted by Gasteiger charge is 2.18. The van der Waals surface area contributed by atoms with Crippen LogP contribution in [0.2, 0.25) is 0 Å². The maximum atomic E-state index is 14.2. The first kappa shape index (κ1) is 22.8. The lowest BCUT2D eigenvalue weighted by Crippen LogP contribution is -2.30. The van der Waals surface area contributed by atoms with E-state index in [1.54, 1.807) is 6.07 Å². The zero-order valence-electron chi connectivity index (χ0n) is 18.3. The quantitative estimate of drug-likeness (QED) is 0.416. The summed E-state index contributed by atoms with van der Waals surface area (Å²) in [6, 6.07) is 19.0. The Labute approximate surface area is 183 Å². The SMILES string of the molecule is CC[C@H](CC(C)N[C@H](C)c1ccc(F)c2ccccc12)c1ccc(OCC(=O)O)cc1. The molecule has 3 aromatic carbocycles. The van der Waals surface area contributed by atoms with Crippen molar-refractivity contribution < 1.29 is 19.0 Å². The van der Waals surface area contributed by atoms with Crippen LogP contribution in [0.1, 0.15) is 56.7 Å². The van der Waals surface area contributed by atoms with Crippen LogP contribution >= 0.6 is 0 Å². The lowest BCUT2D eigenvalue weighted by Gasteiger charge is -2.25. The molecule has 0 saturated carbocycles. The van der Waals surface area contributed by atoms with Gasteiger partial charge in [0.05, 0.1) is 0 Å². The van der Waals surface area contributed by atoms with Gasteiger partial charge in [0.2, 0.25) is 0 Å². The molecule has 4 nitrogen and oxygen atoms in total. The third-order valence-electron chi connectivity index (χ3n) is 5.75. The van der Waals surface area contributed by atoms with Gasteiger partial charge in [-0.05, 0) is 67.3 Å². The van der Waals surface area contributed by atoms with Crippen LogP contribution in [0.25, 0.3) is 10.8 Å². The van der Waals surface area contributed by atoms with Crippen molar-refractivity contribution >= 4 is 16.7 Å². The summed E-state index contributed by atoms with van der Waals surface area (Å²) in [6.07, 6.45) is 1.95. The van der Waals surface area contributed by atoms with Gasteiger partial charge in [-0.2, -0.15) is 0 Å². The summed E-state index contributed by atoms with van der Waals surface area (Å²) in [5.74, 6) is -0.253. The lowest BCUT2D eigenvalue weighted by molar-refractivity contribution is -0.139. The number of hydrogen-bond donors (Lipinski definition) is 2. The Morgan fingerprint density at radius 3 is 2.35 bits per heavy atom. The van der Waals surface area contributed by atoms with Gasteiger partial charge >= 0.3 is 5.97 Å². The topological polar surface area (TPSA) is 58.6 Å². The van der Waals surface area contributed by atoms with Crippen molar-refractivity contribution in [2.24, 2.45) is 0 Å². The van der Waals surface area contributed by atoms with E-state index < -0.39 is 5.97 Å². The standard InChI is InChI=1S/C26H30FNO3/c1-4-19(20-9-11-21(12-10-20)31-16-26(29)30)15-17(2)28-18(3)22-13-14-25(27)24-8-6-5-7-23(22)24/h5-14,17-19,28H,4,15-16H2,1-3H3,(H,29,30)/t17?,18-,19-/m1/s1. The number of ether oxygens (including phenoxy) is 1. The highest BCUT2D eigenvalue weighted by molar-refractivity contribution is 5.86. The summed E-state index contributed by atoms with van der Waals surface area (Å²) in [6.45, 7) is 6.12. The fourth-order valence-corrected chi connectivity index (χ4v) is 4.19. The number of carbonyl (C=O) groups is 1. The van der Waals surface area contributed by atoms with E-state index in [-0.39, 0.29) is 24.5 Å². The second-order valence-corrected chi connectivity index (χ2v) is 8.06. The van der Waals surface area contributed by atoms with Crippen LogP contribution in [0.5, 0.6) is 5.75 Å². The van der Waals surface area contributed by atoms with Crippen LogP contribution in [0.4, 0.5) is 4.39 Å². The molecule has 3 atom stereocenters. The van der Waals surface area contributed by atoms with Gasteiger partial charge in [-0.25, -0.2) is 9.18 Å². The minimum Gasteiger partial charge on any atom is -0.482 e. The maximum absolute atomic E-state index is 14.2. The minimum atomic E-state index is -0.988. The van der Waals surface area contributed by atoms with Gasteiger partial charge < -0.3 is 15.2 Å². The summed E-state index contributed by atoms with van der Waals surface area (Å²) in [4.78, 5) is 10.6. The Morgan fingerprint density at radius 1 is 1.03 bits per heavy atom. The highest BCUT2D eigenvalue weighted by atomic mass is 19.1. The van der Waals surface area contributed by atoms with Crippen molar-refractivity contribution in [2.75, 3.05) is 6.61 Å². The van der Waals surface area contributed by atoms with Crippen molar-refractivity contribution in [1.29, 1.82) is 0 Å². The Kier molecular flexibility index (Phi) is 7.64. The van der Waals surface area contributed by atoms with Crippen molar-refractivity contribution in [1.82, 2.24) is 5.32 Å². The van der Waals surface area contributed by atoms with Gasteiger partial charge in [0, 0.05) is 17.5 Å². The normalized spacial score (nSPS) is 14.2. The molecule has 31 heavy (non-hydrogen) atoms. The van der Waals surface area contributed by atoms with Gasteiger partial charge in [0.1, 0.15) is 11.6 Å². The molecule has 5 heteroatoms. The second kappa shape index (κ2) is 10.4. The minimum absolute atomic E-state index is 0.0878. The average molecular weight is 424 g/mol. The monoisotopic (exact) mass is 423 g/mol. The molecule has 0 aliphatic heterocycles.